The summed E-state index contributed by atoms with van der Waals surface area (Å²) >= 11 is 0. The summed E-state index contributed by atoms with van der Waals surface area (Å²) in [6.07, 6.45) is 0. The van der Waals surface area contributed by atoms with Gasteiger partial charge < -0.3 is 20.7 Å². The Bertz CT molecular complexity index is 1260. The molecule has 4 rings (SSSR count). The number of nitrogens with one attached hydrogen (secondary N) is 3. The average Bonchev–Trinajstić information content (AvgIpc) is 2.80. The molecule has 0 saturated heterocycles. The van der Waals surface area contributed by atoms with Crippen LogP contribution in [0.2, 0.25) is 0 Å². The van der Waals surface area contributed by atoms with E-state index in [-0.39, 0.29) is 11.5 Å². The molecule has 0 spiro atoms. The number of hydrogen-bond acceptors (Lipinski definition) is 6. The second-order valence-electron chi connectivity index (χ2n) is 7.24. The molecule has 3 N–H and O–H groups in total. The fourth-order valence-corrected chi connectivity index (χ4v) is 3.11. The molecule has 0 aliphatic carbocycles. The number of benzene rings is 3. The van der Waals surface area contributed by atoms with Gasteiger partial charge in [0.05, 0.1) is 7.11 Å². The molecule has 33 heavy (non-hydrogen) atoms. The molecule has 0 bridgehead atoms. The smallest absolute Gasteiger partial charge is 0.255 e. The molecule has 8 heteroatoms. The van der Waals surface area contributed by atoms with Crippen LogP contribution in [0.4, 0.5) is 33.2 Å². The van der Waals surface area contributed by atoms with Gasteiger partial charge in [0.2, 0.25) is 5.95 Å². The number of anilines is 5. The fraction of sp³-hybridized carbons (Fsp3) is 0.0800. The summed E-state index contributed by atoms with van der Waals surface area (Å²) in [6.45, 7) is 1.89. The number of amides is 1. The minimum atomic E-state index is -0.457. The SMILES string of the molecule is COc1ccc(Nc2cc(C)nc(Nc3ccc(NC(=O)c4cccc(F)c4)cc3)n2)cc1. The predicted molar refractivity (Wildman–Crippen MR) is 127 cm³/mol. The molecule has 0 aliphatic heterocycles. The summed E-state index contributed by atoms with van der Waals surface area (Å²) in [5.74, 6) is 1.02. The Morgan fingerprint density at radius 1 is 0.848 bits per heavy atom. The van der Waals surface area contributed by atoms with Gasteiger partial charge in [-0.05, 0) is 73.7 Å². The molecule has 166 valence electrons. The molecule has 0 unspecified atom stereocenters. The normalized spacial score (nSPS) is 10.4. The van der Waals surface area contributed by atoms with Crippen molar-refractivity contribution >= 4 is 34.7 Å². The van der Waals surface area contributed by atoms with Gasteiger partial charge in [-0.25, -0.2) is 9.37 Å². The van der Waals surface area contributed by atoms with Crippen LogP contribution in [-0.2, 0) is 0 Å². The molecule has 0 saturated carbocycles. The summed E-state index contributed by atoms with van der Waals surface area (Å²) < 4.78 is 18.5. The highest BCUT2D eigenvalue weighted by molar-refractivity contribution is 6.04. The number of aryl methyl sites for hydroxylation is 1. The van der Waals surface area contributed by atoms with Crippen molar-refractivity contribution in [3.63, 3.8) is 0 Å². The van der Waals surface area contributed by atoms with Crippen LogP contribution in [0.3, 0.4) is 0 Å². The number of methoxy groups -OCH3 is 1. The molecule has 3 aromatic carbocycles. The maximum absolute atomic E-state index is 13.3. The van der Waals surface area contributed by atoms with Crippen LogP contribution in [0.25, 0.3) is 0 Å². The minimum Gasteiger partial charge on any atom is -0.497 e. The molecular weight excluding hydrogens is 421 g/mol. The van der Waals surface area contributed by atoms with Crippen molar-refractivity contribution in [2.45, 2.75) is 6.92 Å². The van der Waals surface area contributed by atoms with Crippen LogP contribution in [0.5, 0.6) is 5.75 Å². The van der Waals surface area contributed by atoms with Gasteiger partial charge in [0.15, 0.2) is 0 Å². The Hall–Kier alpha value is -4.46. The number of rotatable bonds is 7. The third-order valence-electron chi connectivity index (χ3n) is 4.70. The minimum absolute atomic E-state index is 0.252. The van der Waals surface area contributed by atoms with E-state index < -0.39 is 5.82 Å². The van der Waals surface area contributed by atoms with Crippen LogP contribution in [-0.4, -0.2) is 23.0 Å². The number of carbonyl (C=O) groups is 1. The summed E-state index contributed by atoms with van der Waals surface area (Å²) in [7, 11) is 1.62. The van der Waals surface area contributed by atoms with Crippen LogP contribution >= 0.6 is 0 Å². The summed E-state index contributed by atoms with van der Waals surface area (Å²) in [4.78, 5) is 21.2. The third-order valence-corrected chi connectivity index (χ3v) is 4.70. The van der Waals surface area contributed by atoms with Crippen LogP contribution < -0.4 is 20.7 Å². The standard InChI is InChI=1S/C25H22FN5O2/c1-16-14-23(28-19-10-12-22(33-2)13-11-19)31-25(27-16)30-21-8-6-20(7-9-21)29-24(32)17-4-3-5-18(26)15-17/h3-15H,1-2H3,(H,29,32)(H2,27,28,30,31). The Kier molecular flexibility index (Phi) is 6.45. The zero-order valence-electron chi connectivity index (χ0n) is 18.1. The van der Waals surface area contributed by atoms with Gasteiger partial charge in [-0.2, -0.15) is 4.98 Å². The lowest BCUT2D eigenvalue weighted by atomic mass is 10.2. The number of ether oxygens (including phenoxy) is 1. The molecular formula is C25H22FN5O2. The van der Waals surface area contributed by atoms with Gasteiger partial charge in [-0.1, -0.05) is 6.07 Å². The lowest BCUT2D eigenvalue weighted by Gasteiger charge is -2.11. The van der Waals surface area contributed by atoms with E-state index in [2.05, 4.69) is 25.9 Å². The maximum Gasteiger partial charge on any atom is 0.255 e. The molecule has 1 amide bonds. The fourth-order valence-electron chi connectivity index (χ4n) is 3.11. The molecule has 7 nitrogen and oxygen atoms in total. The highest BCUT2D eigenvalue weighted by Gasteiger charge is 2.08. The first-order valence-corrected chi connectivity index (χ1v) is 10.2. The van der Waals surface area contributed by atoms with Gasteiger partial charge >= 0.3 is 0 Å². The first kappa shape index (κ1) is 21.8. The predicted octanol–water partition coefficient (Wildman–Crippen LogP) is 5.67. The Morgan fingerprint density at radius 2 is 1.52 bits per heavy atom. The van der Waals surface area contributed by atoms with E-state index >= 15 is 0 Å². The van der Waals surface area contributed by atoms with E-state index in [0.717, 1.165) is 22.8 Å². The lowest BCUT2D eigenvalue weighted by molar-refractivity contribution is 0.102. The van der Waals surface area contributed by atoms with Gasteiger partial charge in [-0.3, -0.25) is 4.79 Å². The molecule has 1 heterocycles. The van der Waals surface area contributed by atoms with Crippen molar-refractivity contribution in [1.29, 1.82) is 0 Å². The highest BCUT2D eigenvalue weighted by Crippen LogP contribution is 2.22. The molecule has 0 aliphatic rings. The summed E-state index contributed by atoms with van der Waals surface area (Å²) in [6, 6.07) is 22.0. The van der Waals surface area contributed by atoms with Gasteiger partial charge in [0.1, 0.15) is 17.4 Å². The Labute approximate surface area is 190 Å². The van der Waals surface area contributed by atoms with Gasteiger partial charge in [-0.15, -0.1) is 0 Å². The molecule has 4 aromatic rings. The zero-order valence-corrected chi connectivity index (χ0v) is 18.1. The van der Waals surface area contributed by atoms with E-state index in [4.69, 9.17) is 4.74 Å². The van der Waals surface area contributed by atoms with Crippen molar-refractivity contribution in [1.82, 2.24) is 9.97 Å². The van der Waals surface area contributed by atoms with Gasteiger partial charge in [0.25, 0.3) is 5.91 Å². The van der Waals surface area contributed by atoms with E-state index in [1.54, 1.807) is 37.4 Å². The van der Waals surface area contributed by atoms with E-state index in [1.807, 2.05) is 37.3 Å². The number of aromatic nitrogens is 2. The van der Waals surface area contributed by atoms with Crippen molar-refractivity contribution in [3.8, 4) is 5.75 Å². The first-order chi connectivity index (χ1) is 16.0. The van der Waals surface area contributed by atoms with Crippen molar-refractivity contribution < 1.29 is 13.9 Å². The largest absolute Gasteiger partial charge is 0.497 e. The van der Waals surface area contributed by atoms with E-state index in [0.29, 0.717) is 17.5 Å². The number of nitrogens with zero attached hydrogens (tertiary/aromatic N) is 2. The molecule has 0 atom stereocenters. The van der Waals surface area contributed by atoms with Crippen LogP contribution in [0.1, 0.15) is 16.1 Å². The Morgan fingerprint density at radius 3 is 2.21 bits per heavy atom. The Balaban J connectivity index is 1.42. The maximum atomic E-state index is 13.3. The quantitative estimate of drug-likeness (QED) is 0.341. The van der Waals surface area contributed by atoms with Crippen molar-refractivity contribution in [2.24, 2.45) is 0 Å². The number of carbonyl (C=O) groups excluding carboxylic acids is 1. The van der Waals surface area contributed by atoms with Crippen molar-refractivity contribution in [3.05, 3.63) is 95.9 Å². The first-order valence-electron chi connectivity index (χ1n) is 10.2. The van der Waals surface area contributed by atoms with Gasteiger partial charge in [0, 0.05) is 34.4 Å². The lowest BCUT2D eigenvalue weighted by Crippen LogP contribution is -2.12. The average molecular weight is 443 g/mol. The topological polar surface area (TPSA) is 88.2 Å². The van der Waals surface area contributed by atoms with E-state index in [1.165, 1.54) is 18.2 Å². The summed E-state index contributed by atoms with van der Waals surface area (Å²) in [5, 5.41) is 9.16. The monoisotopic (exact) mass is 443 g/mol. The van der Waals surface area contributed by atoms with Crippen molar-refractivity contribution in [2.75, 3.05) is 23.1 Å². The number of halogens is 1. The second kappa shape index (κ2) is 9.78. The third kappa shape index (κ3) is 5.82. The van der Waals surface area contributed by atoms with Crippen LogP contribution in [0, 0.1) is 12.7 Å². The zero-order chi connectivity index (χ0) is 23.2. The molecule has 0 radical (unpaired) electrons. The highest BCUT2D eigenvalue weighted by atomic mass is 19.1. The second-order valence-corrected chi connectivity index (χ2v) is 7.24. The number of hydrogen-bond donors (Lipinski definition) is 3. The molecule has 0 fully saturated rings. The molecule has 1 aromatic heterocycles. The van der Waals surface area contributed by atoms with Crippen LogP contribution in [0.15, 0.2) is 78.9 Å². The van der Waals surface area contributed by atoms with E-state index in [9.17, 15) is 9.18 Å². The summed E-state index contributed by atoms with van der Waals surface area (Å²) in [5.41, 5.74) is 3.25.